The highest BCUT2D eigenvalue weighted by atomic mass is 16.3. The van der Waals surface area contributed by atoms with Gasteiger partial charge in [0.1, 0.15) is 6.04 Å². The zero-order valence-corrected chi connectivity index (χ0v) is 11.9. The smallest absolute Gasteiger partial charge is 0.287 e. The first-order valence-corrected chi connectivity index (χ1v) is 6.54. The Balaban J connectivity index is 2.62. The van der Waals surface area contributed by atoms with Gasteiger partial charge in [0.15, 0.2) is 5.76 Å². The van der Waals surface area contributed by atoms with Gasteiger partial charge in [-0.25, -0.2) is 0 Å². The lowest BCUT2D eigenvalue weighted by Crippen LogP contribution is -2.50. The molecule has 0 aliphatic rings. The van der Waals surface area contributed by atoms with Crippen LogP contribution in [0.1, 0.15) is 38.2 Å². The molecule has 1 aromatic rings. The Morgan fingerprint density at radius 3 is 2.42 bits per heavy atom. The van der Waals surface area contributed by atoms with Gasteiger partial charge in [0.05, 0.1) is 6.26 Å². The molecule has 0 bridgehead atoms. The minimum atomic E-state index is -0.559. The normalized spacial score (nSPS) is 12.5. The molecule has 0 aromatic carbocycles. The largest absolute Gasteiger partial charge is 0.459 e. The van der Waals surface area contributed by atoms with Crippen LogP contribution in [0.25, 0.3) is 0 Å². The number of furan rings is 1. The molecule has 5 nitrogen and oxygen atoms in total. The quantitative estimate of drug-likeness (QED) is 0.824. The van der Waals surface area contributed by atoms with Gasteiger partial charge in [-0.2, -0.15) is 0 Å². The lowest BCUT2D eigenvalue weighted by Gasteiger charge is -2.21. The molecule has 1 atom stereocenters. The van der Waals surface area contributed by atoms with Crippen molar-refractivity contribution in [2.45, 2.75) is 33.7 Å². The van der Waals surface area contributed by atoms with Crippen LogP contribution in [0.3, 0.4) is 0 Å². The van der Waals surface area contributed by atoms with Crippen molar-refractivity contribution < 1.29 is 14.0 Å². The maximum absolute atomic E-state index is 12.0. The van der Waals surface area contributed by atoms with Gasteiger partial charge in [-0.3, -0.25) is 9.59 Å². The molecule has 0 saturated carbocycles. The highest BCUT2D eigenvalue weighted by Gasteiger charge is 2.25. The number of hydrogen-bond acceptors (Lipinski definition) is 3. The molecule has 0 spiro atoms. The van der Waals surface area contributed by atoms with Crippen molar-refractivity contribution in [3.8, 4) is 0 Å². The third-order valence-corrected chi connectivity index (χ3v) is 2.67. The second kappa shape index (κ2) is 6.97. The number of carbonyl (C=O) groups is 2. The fraction of sp³-hybridized carbons (Fsp3) is 0.571. The van der Waals surface area contributed by atoms with E-state index in [2.05, 4.69) is 10.6 Å². The Bertz CT molecular complexity index is 410. The molecule has 19 heavy (non-hydrogen) atoms. The van der Waals surface area contributed by atoms with Crippen molar-refractivity contribution in [3.63, 3.8) is 0 Å². The molecule has 0 saturated heterocycles. The number of hydrogen-bond donors (Lipinski definition) is 2. The van der Waals surface area contributed by atoms with Gasteiger partial charge in [-0.15, -0.1) is 0 Å². The van der Waals surface area contributed by atoms with Gasteiger partial charge in [-0.1, -0.05) is 27.7 Å². The Labute approximate surface area is 113 Å². The maximum atomic E-state index is 12.0. The summed E-state index contributed by atoms with van der Waals surface area (Å²) >= 11 is 0. The van der Waals surface area contributed by atoms with Crippen LogP contribution in [-0.2, 0) is 4.79 Å². The molecular formula is C14H22N2O3. The van der Waals surface area contributed by atoms with E-state index in [0.717, 1.165) is 0 Å². The molecule has 0 unspecified atom stereocenters. The van der Waals surface area contributed by atoms with Gasteiger partial charge in [0.2, 0.25) is 5.91 Å². The molecule has 2 amide bonds. The molecule has 1 aromatic heterocycles. The zero-order valence-electron chi connectivity index (χ0n) is 11.9. The van der Waals surface area contributed by atoms with E-state index in [1.54, 1.807) is 12.1 Å². The van der Waals surface area contributed by atoms with Crippen molar-refractivity contribution in [1.82, 2.24) is 10.6 Å². The molecule has 106 valence electrons. The summed E-state index contributed by atoms with van der Waals surface area (Å²) in [5.41, 5.74) is 0. The van der Waals surface area contributed by atoms with E-state index >= 15 is 0 Å². The van der Waals surface area contributed by atoms with Crippen molar-refractivity contribution >= 4 is 11.8 Å². The highest BCUT2D eigenvalue weighted by molar-refractivity contribution is 5.95. The van der Waals surface area contributed by atoms with Crippen LogP contribution in [0.2, 0.25) is 0 Å². The molecule has 1 heterocycles. The monoisotopic (exact) mass is 266 g/mol. The van der Waals surface area contributed by atoms with Crippen LogP contribution < -0.4 is 10.6 Å². The average Bonchev–Trinajstić information content (AvgIpc) is 2.86. The lowest BCUT2D eigenvalue weighted by atomic mass is 10.0. The number of nitrogens with one attached hydrogen (secondary N) is 2. The second-order valence-electron chi connectivity index (χ2n) is 5.31. The first-order chi connectivity index (χ1) is 8.91. The zero-order chi connectivity index (χ0) is 14.4. The molecule has 0 aliphatic heterocycles. The van der Waals surface area contributed by atoms with E-state index in [1.807, 2.05) is 27.7 Å². The van der Waals surface area contributed by atoms with Crippen LogP contribution in [-0.4, -0.2) is 24.4 Å². The Hall–Kier alpha value is -1.78. The van der Waals surface area contributed by atoms with Gasteiger partial charge >= 0.3 is 0 Å². The SMILES string of the molecule is CC(C)CNC(=O)[C@@H](NC(=O)c1ccco1)C(C)C. The molecule has 0 aliphatic carbocycles. The van der Waals surface area contributed by atoms with Crippen LogP contribution in [0.5, 0.6) is 0 Å². The summed E-state index contributed by atoms with van der Waals surface area (Å²) < 4.78 is 5.01. The van der Waals surface area contributed by atoms with E-state index < -0.39 is 6.04 Å². The number of amides is 2. The summed E-state index contributed by atoms with van der Waals surface area (Å²) in [4.78, 5) is 23.9. The fourth-order valence-corrected chi connectivity index (χ4v) is 1.57. The third-order valence-electron chi connectivity index (χ3n) is 2.67. The molecule has 5 heteroatoms. The number of rotatable bonds is 6. The van der Waals surface area contributed by atoms with E-state index in [0.29, 0.717) is 12.5 Å². The number of carbonyl (C=O) groups excluding carboxylic acids is 2. The summed E-state index contributed by atoms with van der Waals surface area (Å²) in [5, 5.41) is 5.53. The summed E-state index contributed by atoms with van der Waals surface area (Å²) in [7, 11) is 0. The van der Waals surface area contributed by atoms with Crippen LogP contribution in [0.15, 0.2) is 22.8 Å². The summed E-state index contributed by atoms with van der Waals surface area (Å²) in [5.74, 6) is 0.0536. The van der Waals surface area contributed by atoms with E-state index in [-0.39, 0.29) is 23.5 Å². The molecule has 1 rings (SSSR count). The Morgan fingerprint density at radius 2 is 1.95 bits per heavy atom. The van der Waals surface area contributed by atoms with Crippen LogP contribution in [0, 0.1) is 11.8 Å². The topological polar surface area (TPSA) is 71.3 Å². The predicted octanol–water partition coefficient (Wildman–Crippen LogP) is 1.81. The second-order valence-corrected chi connectivity index (χ2v) is 5.31. The molecule has 0 fully saturated rings. The average molecular weight is 266 g/mol. The lowest BCUT2D eigenvalue weighted by molar-refractivity contribution is -0.124. The van der Waals surface area contributed by atoms with E-state index in [4.69, 9.17) is 4.42 Å². The highest BCUT2D eigenvalue weighted by Crippen LogP contribution is 2.06. The molecule has 2 N–H and O–H groups in total. The first kappa shape index (κ1) is 15.3. The van der Waals surface area contributed by atoms with Gasteiger partial charge in [0.25, 0.3) is 5.91 Å². The summed E-state index contributed by atoms with van der Waals surface area (Å²) in [6.45, 7) is 8.42. The van der Waals surface area contributed by atoms with Crippen LogP contribution in [0.4, 0.5) is 0 Å². The standard InChI is InChI=1S/C14H22N2O3/c1-9(2)8-15-14(18)12(10(3)4)16-13(17)11-6-5-7-19-11/h5-7,9-10,12H,8H2,1-4H3,(H,15,18)(H,16,17)/t12-/m0/s1. The Kier molecular flexibility index (Phi) is 5.60. The van der Waals surface area contributed by atoms with Crippen molar-refractivity contribution in [2.75, 3.05) is 6.54 Å². The van der Waals surface area contributed by atoms with Crippen molar-refractivity contribution in [1.29, 1.82) is 0 Å². The third kappa shape index (κ3) is 4.77. The van der Waals surface area contributed by atoms with Crippen molar-refractivity contribution in [2.24, 2.45) is 11.8 Å². The molecular weight excluding hydrogens is 244 g/mol. The van der Waals surface area contributed by atoms with E-state index in [1.165, 1.54) is 6.26 Å². The Morgan fingerprint density at radius 1 is 1.26 bits per heavy atom. The summed E-state index contributed by atoms with van der Waals surface area (Å²) in [6.07, 6.45) is 1.43. The van der Waals surface area contributed by atoms with Crippen molar-refractivity contribution in [3.05, 3.63) is 24.2 Å². The predicted molar refractivity (Wildman–Crippen MR) is 72.6 cm³/mol. The maximum Gasteiger partial charge on any atom is 0.287 e. The minimum absolute atomic E-state index is 0.00562. The summed E-state index contributed by atoms with van der Waals surface area (Å²) in [6, 6.07) is 2.65. The van der Waals surface area contributed by atoms with Gasteiger partial charge in [0, 0.05) is 6.54 Å². The van der Waals surface area contributed by atoms with E-state index in [9.17, 15) is 9.59 Å². The van der Waals surface area contributed by atoms with Crippen LogP contribution >= 0.6 is 0 Å². The molecule has 0 radical (unpaired) electrons. The van der Waals surface area contributed by atoms with Gasteiger partial charge in [-0.05, 0) is 24.0 Å². The fourth-order valence-electron chi connectivity index (χ4n) is 1.57. The van der Waals surface area contributed by atoms with Gasteiger partial charge < -0.3 is 15.1 Å². The first-order valence-electron chi connectivity index (χ1n) is 6.54. The minimum Gasteiger partial charge on any atom is -0.459 e.